The molecule has 0 aliphatic carbocycles. The van der Waals surface area contributed by atoms with E-state index in [-0.39, 0.29) is 18.4 Å². The van der Waals surface area contributed by atoms with Gasteiger partial charge in [0, 0.05) is 19.2 Å². The van der Waals surface area contributed by atoms with E-state index < -0.39 is 25.0 Å². The van der Waals surface area contributed by atoms with Crippen molar-refractivity contribution >= 4 is 11.8 Å². The Morgan fingerprint density at radius 1 is 1.14 bits per heavy atom. The van der Waals surface area contributed by atoms with Crippen LogP contribution >= 0.6 is 0 Å². The van der Waals surface area contributed by atoms with E-state index >= 15 is 0 Å². The van der Waals surface area contributed by atoms with Crippen molar-refractivity contribution in [2.45, 2.75) is 25.0 Å². The Kier molecular flexibility index (Phi) is 6.76. The molecule has 2 aromatic rings. The quantitative estimate of drug-likeness (QED) is 0.781. The van der Waals surface area contributed by atoms with Crippen molar-refractivity contribution in [1.29, 1.82) is 0 Å². The monoisotopic (exact) mass is 384 g/mol. The summed E-state index contributed by atoms with van der Waals surface area (Å²) in [5, 5.41) is 12.6. The van der Waals surface area contributed by atoms with Crippen molar-refractivity contribution in [3.05, 3.63) is 71.8 Å². The van der Waals surface area contributed by atoms with Crippen LogP contribution in [0.3, 0.4) is 0 Å². The van der Waals surface area contributed by atoms with Crippen molar-refractivity contribution in [2.24, 2.45) is 0 Å². The number of nitrogens with zero attached hydrogens (tertiary/aromatic N) is 1. The minimum absolute atomic E-state index is 0.0875. The van der Waals surface area contributed by atoms with E-state index in [2.05, 4.69) is 5.32 Å². The summed E-state index contributed by atoms with van der Waals surface area (Å²) < 4.78 is 10.9. The molecule has 1 aliphatic heterocycles. The van der Waals surface area contributed by atoms with Gasteiger partial charge < -0.3 is 24.8 Å². The van der Waals surface area contributed by atoms with Crippen molar-refractivity contribution in [1.82, 2.24) is 10.2 Å². The van der Waals surface area contributed by atoms with Crippen molar-refractivity contribution in [2.75, 3.05) is 20.3 Å². The number of ether oxygens (including phenoxy) is 2. The van der Waals surface area contributed by atoms with E-state index in [0.717, 1.165) is 5.56 Å². The summed E-state index contributed by atoms with van der Waals surface area (Å²) in [5.74, 6) is -0.703. The smallest absolute Gasteiger partial charge is 0.254 e. The van der Waals surface area contributed by atoms with Crippen LogP contribution in [0.25, 0.3) is 0 Å². The summed E-state index contributed by atoms with van der Waals surface area (Å²) in [6, 6.07) is 17.2. The van der Waals surface area contributed by atoms with Gasteiger partial charge in [-0.25, -0.2) is 0 Å². The molecule has 1 fully saturated rings. The van der Waals surface area contributed by atoms with Crippen LogP contribution in [0.2, 0.25) is 0 Å². The van der Waals surface area contributed by atoms with Crippen molar-refractivity contribution in [3.8, 4) is 0 Å². The first-order valence-corrected chi connectivity index (χ1v) is 9.10. The second kappa shape index (κ2) is 9.45. The molecule has 2 aromatic carbocycles. The van der Waals surface area contributed by atoms with Crippen LogP contribution in [0.5, 0.6) is 0 Å². The van der Waals surface area contributed by atoms with Gasteiger partial charge in [0.05, 0.1) is 13.2 Å². The number of aliphatic hydroxyl groups excluding tert-OH is 1. The molecular formula is C21H24N2O5. The Hall–Kier alpha value is -2.74. The van der Waals surface area contributed by atoms with Crippen LogP contribution < -0.4 is 5.32 Å². The Morgan fingerprint density at radius 2 is 1.79 bits per heavy atom. The summed E-state index contributed by atoms with van der Waals surface area (Å²) in [5.41, 5.74) is 1.39. The topological polar surface area (TPSA) is 88.1 Å². The predicted molar refractivity (Wildman–Crippen MR) is 102 cm³/mol. The Morgan fingerprint density at radius 3 is 2.39 bits per heavy atom. The molecule has 0 spiro atoms. The average molecular weight is 384 g/mol. The third-order valence-corrected chi connectivity index (χ3v) is 4.66. The van der Waals surface area contributed by atoms with E-state index in [1.54, 1.807) is 24.3 Å². The van der Waals surface area contributed by atoms with Crippen LogP contribution in [0.1, 0.15) is 15.9 Å². The number of aliphatic hydroxyl groups is 1. The van der Waals surface area contributed by atoms with E-state index in [1.807, 2.05) is 36.4 Å². The third kappa shape index (κ3) is 4.56. The molecular weight excluding hydrogens is 360 g/mol. The van der Waals surface area contributed by atoms with Gasteiger partial charge in [-0.05, 0) is 17.7 Å². The number of carbonyl (C=O) groups is 2. The zero-order valence-electron chi connectivity index (χ0n) is 15.7. The number of hydrogen-bond donors (Lipinski definition) is 2. The first-order chi connectivity index (χ1) is 13.6. The molecule has 28 heavy (non-hydrogen) atoms. The average Bonchev–Trinajstić information content (AvgIpc) is 2.77. The molecule has 0 aromatic heterocycles. The predicted octanol–water partition coefficient (Wildman–Crippen LogP) is 1.18. The molecule has 148 valence electrons. The number of methoxy groups -OCH3 is 1. The Bertz CT molecular complexity index is 784. The zero-order chi connectivity index (χ0) is 19.9. The molecule has 7 nitrogen and oxygen atoms in total. The second-order valence-corrected chi connectivity index (χ2v) is 6.49. The molecule has 3 atom stereocenters. The van der Waals surface area contributed by atoms with Gasteiger partial charge in [0.1, 0.15) is 12.1 Å². The standard InChI is InChI=1S/C21H24N2O5/c1-27-18-13-23(21(26)16-10-6-3-7-11-16)19(17(14-24)28-18)20(25)22-12-15-8-4-2-5-9-15/h2-11,17-19,24H,12-14H2,1H3,(H,22,25)/t17-,18+,19-/m0/s1. The molecule has 0 unspecified atom stereocenters. The van der Waals surface area contributed by atoms with Crippen molar-refractivity contribution < 1.29 is 24.2 Å². The number of carbonyl (C=O) groups excluding carboxylic acids is 2. The van der Waals surface area contributed by atoms with Gasteiger partial charge in [0.15, 0.2) is 6.29 Å². The number of amides is 2. The molecule has 0 saturated carbocycles. The normalized spacial score (nSPS) is 21.9. The zero-order valence-corrected chi connectivity index (χ0v) is 15.7. The van der Waals surface area contributed by atoms with E-state index in [1.165, 1.54) is 12.0 Å². The SMILES string of the molecule is CO[C@H]1CN(C(=O)c2ccccc2)[C@H](C(=O)NCc2ccccc2)[C@H](CO)O1. The van der Waals surface area contributed by atoms with Gasteiger partial charge in [-0.2, -0.15) is 0 Å². The molecule has 2 N–H and O–H groups in total. The molecule has 0 radical (unpaired) electrons. The van der Waals surface area contributed by atoms with Crippen molar-refractivity contribution in [3.63, 3.8) is 0 Å². The van der Waals surface area contributed by atoms with Gasteiger partial charge in [0.25, 0.3) is 5.91 Å². The molecule has 1 saturated heterocycles. The third-order valence-electron chi connectivity index (χ3n) is 4.66. The van der Waals surface area contributed by atoms with Gasteiger partial charge >= 0.3 is 0 Å². The minimum Gasteiger partial charge on any atom is -0.394 e. The molecule has 3 rings (SSSR count). The van der Waals surface area contributed by atoms with Gasteiger partial charge in [-0.3, -0.25) is 9.59 Å². The fraction of sp³-hybridized carbons (Fsp3) is 0.333. The molecule has 0 bridgehead atoms. The number of hydrogen-bond acceptors (Lipinski definition) is 5. The van der Waals surface area contributed by atoms with Crippen LogP contribution in [0.15, 0.2) is 60.7 Å². The fourth-order valence-electron chi connectivity index (χ4n) is 3.22. The molecule has 2 amide bonds. The highest BCUT2D eigenvalue weighted by atomic mass is 16.7. The molecule has 7 heteroatoms. The summed E-state index contributed by atoms with van der Waals surface area (Å²) in [4.78, 5) is 27.4. The molecule has 1 heterocycles. The van der Waals surface area contributed by atoms with Gasteiger partial charge in [-0.15, -0.1) is 0 Å². The number of benzene rings is 2. The lowest BCUT2D eigenvalue weighted by Gasteiger charge is -2.42. The first kappa shape index (κ1) is 20.0. The molecule has 1 aliphatic rings. The lowest BCUT2D eigenvalue weighted by molar-refractivity contribution is -0.216. The summed E-state index contributed by atoms with van der Waals surface area (Å²) in [6.45, 7) is -0.0125. The highest BCUT2D eigenvalue weighted by Crippen LogP contribution is 2.22. The Balaban J connectivity index is 1.82. The summed E-state index contributed by atoms with van der Waals surface area (Å²) >= 11 is 0. The van der Waals surface area contributed by atoms with E-state index in [0.29, 0.717) is 12.1 Å². The second-order valence-electron chi connectivity index (χ2n) is 6.49. The van der Waals surface area contributed by atoms with E-state index in [9.17, 15) is 14.7 Å². The number of morpholine rings is 1. The summed E-state index contributed by atoms with van der Waals surface area (Å²) in [6.07, 6.45) is -1.61. The van der Waals surface area contributed by atoms with Gasteiger partial charge in [0.2, 0.25) is 5.91 Å². The van der Waals surface area contributed by atoms with E-state index in [4.69, 9.17) is 9.47 Å². The van der Waals surface area contributed by atoms with Crippen LogP contribution in [-0.2, 0) is 20.8 Å². The highest BCUT2D eigenvalue weighted by Gasteiger charge is 2.43. The van der Waals surface area contributed by atoms with Crippen LogP contribution in [0.4, 0.5) is 0 Å². The van der Waals surface area contributed by atoms with Gasteiger partial charge in [-0.1, -0.05) is 48.5 Å². The Labute approximate surface area is 163 Å². The maximum atomic E-state index is 13.1. The lowest BCUT2D eigenvalue weighted by Crippen LogP contribution is -2.63. The summed E-state index contributed by atoms with van der Waals surface area (Å²) in [7, 11) is 1.46. The van der Waals surface area contributed by atoms with Crippen LogP contribution in [-0.4, -0.2) is 60.5 Å². The maximum Gasteiger partial charge on any atom is 0.254 e. The fourth-order valence-corrected chi connectivity index (χ4v) is 3.22. The van der Waals surface area contributed by atoms with Crippen LogP contribution in [0, 0.1) is 0 Å². The first-order valence-electron chi connectivity index (χ1n) is 9.10. The largest absolute Gasteiger partial charge is 0.394 e. The lowest BCUT2D eigenvalue weighted by atomic mass is 10.0. The number of rotatable bonds is 6. The minimum atomic E-state index is -0.965. The number of nitrogens with one attached hydrogen (secondary N) is 1. The maximum absolute atomic E-state index is 13.1. The highest BCUT2D eigenvalue weighted by molar-refractivity contribution is 5.98.